The fourth-order valence-corrected chi connectivity index (χ4v) is 2.82. The molecule has 2 N–H and O–H groups in total. The number of rotatable bonds is 4. The SMILES string of the molecule is Cn1nccc1C(=O)N1CCOC[C@@H](Cc2cnc(C(N)=O)cn2)C1. The molecule has 2 amide bonds. The Morgan fingerprint density at radius 2 is 2.20 bits per heavy atom. The minimum atomic E-state index is -0.607. The number of primary amides is 1. The summed E-state index contributed by atoms with van der Waals surface area (Å²) in [5.74, 6) is -0.580. The molecule has 0 spiro atoms. The van der Waals surface area contributed by atoms with Crippen LogP contribution >= 0.6 is 0 Å². The summed E-state index contributed by atoms with van der Waals surface area (Å²) in [4.78, 5) is 33.7. The van der Waals surface area contributed by atoms with E-state index in [9.17, 15) is 9.59 Å². The Kier molecular flexibility index (Phi) is 5.03. The average molecular weight is 344 g/mol. The Hall–Kier alpha value is -2.81. The molecule has 25 heavy (non-hydrogen) atoms. The van der Waals surface area contributed by atoms with Gasteiger partial charge in [-0.15, -0.1) is 0 Å². The van der Waals surface area contributed by atoms with Crippen molar-refractivity contribution < 1.29 is 14.3 Å². The molecule has 0 aliphatic carbocycles. The van der Waals surface area contributed by atoms with Crippen molar-refractivity contribution in [1.82, 2.24) is 24.6 Å². The number of aromatic nitrogens is 4. The van der Waals surface area contributed by atoms with E-state index in [1.165, 1.54) is 12.4 Å². The summed E-state index contributed by atoms with van der Waals surface area (Å²) >= 11 is 0. The molecular weight excluding hydrogens is 324 g/mol. The van der Waals surface area contributed by atoms with Crippen LogP contribution in [0, 0.1) is 5.92 Å². The molecule has 1 saturated heterocycles. The van der Waals surface area contributed by atoms with Gasteiger partial charge in [-0.2, -0.15) is 5.10 Å². The van der Waals surface area contributed by atoms with E-state index in [0.717, 1.165) is 5.69 Å². The first-order chi connectivity index (χ1) is 12.0. The number of nitrogens with zero attached hydrogens (tertiary/aromatic N) is 5. The summed E-state index contributed by atoms with van der Waals surface area (Å²) in [7, 11) is 1.74. The van der Waals surface area contributed by atoms with Crippen molar-refractivity contribution in [1.29, 1.82) is 0 Å². The zero-order valence-electron chi connectivity index (χ0n) is 14.0. The predicted octanol–water partition coefficient (Wildman–Crippen LogP) is -0.360. The highest BCUT2D eigenvalue weighted by Gasteiger charge is 2.25. The van der Waals surface area contributed by atoms with Gasteiger partial charge in [0.15, 0.2) is 0 Å². The van der Waals surface area contributed by atoms with Gasteiger partial charge in [0.05, 0.1) is 25.1 Å². The topological polar surface area (TPSA) is 116 Å². The molecule has 132 valence electrons. The zero-order chi connectivity index (χ0) is 17.8. The number of hydrogen-bond donors (Lipinski definition) is 1. The van der Waals surface area contributed by atoms with E-state index in [0.29, 0.717) is 38.4 Å². The second-order valence-corrected chi connectivity index (χ2v) is 5.99. The van der Waals surface area contributed by atoms with Gasteiger partial charge in [-0.05, 0) is 12.5 Å². The fraction of sp³-hybridized carbons (Fsp3) is 0.438. The molecule has 0 radical (unpaired) electrons. The van der Waals surface area contributed by atoms with Crippen LogP contribution < -0.4 is 5.73 Å². The van der Waals surface area contributed by atoms with E-state index in [1.54, 1.807) is 28.9 Å². The van der Waals surface area contributed by atoms with Crippen LogP contribution in [0.1, 0.15) is 26.7 Å². The first-order valence-corrected chi connectivity index (χ1v) is 8.00. The molecular formula is C16H20N6O3. The smallest absolute Gasteiger partial charge is 0.272 e. The molecule has 1 aliphatic rings. The Balaban J connectivity index is 1.68. The van der Waals surface area contributed by atoms with E-state index < -0.39 is 5.91 Å². The van der Waals surface area contributed by atoms with Gasteiger partial charge in [0.2, 0.25) is 0 Å². The van der Waals surface area contributed by atoms with E-state index in [2.05, 4.69) is 15.1 Å². The van der Waals surface area contributed by atoms with Crippen molar-refractivity contribution in [2.45, 2.75) is 6.42 Å². The van der Waals surface area contributed by atoms with Crippen molar-refractivity contribution >= 4 is 11.8 Å². The Bertz CT molecular complexity index is 757. The molecule has 2 aromatic heterocycles. The van der Waals surface area contributed by atoms with Crippen molar-refractivity contribution in [2.24, 2.45) is 18.7 Å². The van der Waals surface area contributed by atoms with Crippen LogP contribution in [-0.4, -0.2) is 62.8 Å². The van der Waals surface area contributed by atoms with Crippen LogP contribution in [-0.2, 0) is 18.2 Å². The molecule has 9 nitrogen and oxygen atoms in total. The highest BCUT2D eigenvalue weighted by atomic mass is 16.5. The van der Waals surface area contributed by atoms with Gasteiger partial charge in [-0.3, -0.25) is 19.3 Å². The van der Waals surface area contributed by atoms with Gasteiger partial charge in [-0.1, -0.05) is 0 Å². The van der Waals surface area contributed by atoms with Gasteiger partial charge in [0, 0.05) is 38.4 Å². The monoisotopic (exact) mass is 344 g/mol. The molecule has 3 heterocycles. The molecule has 0 aromatic carbocycles. The van der Waals surface area contributed by atoms with Crippen LogP contribution in [0.2, 0.25) is 0 Å². The molecule has 0 unspecified atom stereocenters. The van der Waals surface area contributed by atoms with Crippen LogP contribution in [0.25, 0.3) is 0 Å². The minimum Gasteiger partial charge on any atom is -0.379 e. The lowest BCUT2D eigenvalue weighted by Gasteiger charge is -2.23. The highest BCUT2D eigenvalue weighted by Crippen LogP contribution is 2.15. The van der Waals surface area contributed by atoms with Crippen LogP contribution in [0.5, 0.6) is 0 Å². The number of carbonyl (C=O) groups excluding carboxylic acids is 2. The molecule has 9 heteroatoms. The van der Waals surface area contributed by atoms with Crippen LogP contribution in [0.15, 0.2) is 24.7 Å². The molecule has 0 saturated carbocycles. The number of amides is 2. The van der Waals surface area contributed by atoms with Gasteiger partial charge in [-0.25, -0.2) is 4.98 Å². The Morgan fingerprint density at radius 1 is 1.36 bits per heavy atom. The second-order valence-electron chi connectivity index (χ2n) is 5.99. The lowest BCUT2D eigenvalue weighted by Crippen LogP contribution is -2.37. The maximum absolute atomic E-state index is 12.7. The predicted molar refractivity (Wildman–Crippen MR) is 87.7 cm³/mol. The van der Waals surface area contributed by atoms with Crippen molar-refractivity contribution in [2.75, 3.05) is 26.3 Å². The first-order valence-electron chi connectivity index (χ1n) is 8.00. The lowest BCUT2D eigenvalue weighted by molar-refractivity contribution is 0.0726. The number of hydrogen-bond acceptors (Lipinski definition) is 6. The Labute approximate surface area is 144 Å². The largest absolute Gasteiger partial charge is 0.379 e. The fourth-order valence-electron chi connectivity index (χ4n) is 2.82. The maximum atomic E-state index is 12.7. The standard InChI is InChI=1S/C16H20N6O3/c1-21-14(2-3-20-21)16(24)22-4-5-25-10-11(9-22)6-12-7-19-13(8-18-12)15(17)23/h2-3,7-8,11H,4-6,9-10H2,1H3,(H2,17,23)/t11-/m0/s1. The summed E-state index contributed by atoms with van der Waals surface area (Å²) < 4.78 is 7.20. The third kappa shape index (κ3) is 4.00. The summed E-state index contributed by atoms with van der Waals surface area (Å²) in [6, 6.07) is 1.71. The van der Waals surface area contributed by atoms with Crippen molar-refractivity contribution in [3.8, 4) is 0 Å². The van der Waals surface area contributed by atoms with E-state index in [1.807, 2.05) is 0 Å². The second kappa shape index (κ2) is 7.39. The normalized spacial score (nSPS) is 18.0. The molecule has 3 rings (SSSR count). The van der Waals surface area contributed by atoms with E-state index >= 15 is 0 Å². The first kappa shape index (κ1) is 17.0. The van der Waals surface area contributed by atoms with E-state index in [-0.39, 0.29) is 17.5 Å². The van der Waals surface area contributed by atoms with Gasteiger partial charge < -0.3 is 15.4 Å². The molecule has 1 fully saturated rings. The van der Waals surface area contributed by atoms with Gasteiger partial charge in [0.25, 0.3) is 11.8 Å². The summed E-state index contributed by atoms with van der Waals surface area (Å²) in [6.45, 7) is 2.12. The minimum absolute atomic E-state index is 0.0642. The number of aryl methyl sites for hydroxylation is 1. The zero-order valence-corrected chi connectivity index (χ0v) is 14.0. The van der Waals surface area contributed by atoms with Gasteiger partial charge in [0.1, 0.15) is 11.4 Å². The highest BCUT2D eigenvalue weighted by molar-refractivity contribution is 5.92. The summed E-state index contributed by atoms with van der Waals surface area (Å²) in [6.07, 6.45) is 5.11. The molecule has 1 atom stereocenters. The van der Waals surface area contributed by atoms with Crippen LogP contribution in [0.4, 0.5) is 0 Å². The third-order valence-corrected chi connectivity index (χ3v) is 4.12. The Morgan fingerprint density at radius 3 is 2.84 bits per heavy atom. The molecule has 1 aliphatic heterocycles. The average Bonchev–Trinajstić information content (AvgIpc) is 2.89. The number of carbonyl (C=O) groups is 2. The third-order valence-electron chi connectivity index (χ3n) is 4.12. The summed E-state index contributed by atoms with van der Waals surface area (Å²) in [5, 5.41) is 4.05. The molecule has 2 aromatic rings. The number of nitrogens with two attached hydrogens (primary N) is 1. The lowest BCUT2D eigenvalue weighted by atomic mass is 10.0. The molecule has 0 bridgehead atoms. The quantitative estimate of drug-likeness (QED) is 0.810. The van der Waals surface area contributed by atoms with Crippen molar-refractivity contribution in [3.63, 3.8) is 0 Å². The van der Waals surface area contributed by atoms with E-state index in [4.69, 9.17) is 10.5 Å². The van der Waals surface area contributed by atoms with Crippen molar-refractivity contribution in [3.05, 3.63) is 41.7 Å². The van der Waals surface area contributed by atoms with Gasteiger partial charge >= 0.3 is 0 Å². The maximum Gasteiger partial charge on any atom is 0.272 e. The number of ether oxygens (including phenoxy) is 1. The van der Waals surface area contributed by atoms with Crippen LogP contribution in [0.3, 0.4) is 0 Å². The summed E-state index contributed by atoms with van der Waals surface area (Å²) in [5.41, 5.74) is 6.58.